The van der Waals surface area contributed by atoms with Crippen LogP contribution in [0.25, 0.3) is 0 Å². The highest BCUT2D eigenvalue weighted by Crippen LogP contribution is 2.38. The Kier molecular flexibility index (Phi) is 19.5. The minimum Gasteiger partial charge on any atom is -0.494 e. The second-order valence-electron chi connectivity index (χ2n) is 16.9. The Morgan fingerprint density at radius 3 is 1.15 bits per heavy atom. The topological polar surface area (TPSA) is 360 Å². The third-order valence-electron chi connectivity index (χ3n) is 11.0. The molecule has 0 aliphatic heterocycles. The molecule has 2 amide bonds. The van der Waals surface area contributed by atoms with Crippen molar-refractivity contribution in [1.29, 1.82) is 0 Å². The average molecular weight is 1110 g/mol. The molecule has 27 heteroatoms. The lowest BCUT2D eigenvalue weighted by atomic mass is 10.1. The summed E-state index contributed by atoms with van der Waals surface area (Å²) in [6.45, 7) is 6.96. The Morgan fingerprint density at radius 2 is 0.808 bits per heavy atom. The molecule has 0 fully saturated rings. The number of methoxy groups -OCH3 is 2. The van der Waals surface area contributed by atoms with E-state index in [-0.39, 0.29) is 60.1 Å². The number of urea groups is 1. The Bertz CT molecular complexity index is 3380. The lowest BCUT2D eigenvalue weighted by Gasteiger charge is -2.15. The quantitative estimate of drug-likeness (QED) is 0.0186. The number of anilines is 2. The van der Waals surface area contributed by atoms with Gasteiger partial charge in [-0.15, -0.1) is 10.2 Å². The van der Waals surface area contributed by atoms with Gasteiger partial charge in [0.2, 0.25) is 0 Å². The Hall–Kier alpha value is -9.05. The van der Waals surface area contributed by atoms with Gasteiger partial charge in [-0.05, 0) is 148 Å². The van der Waals surface area contributed by atoms with Crippen molar-refractivity contribution in [3.8, 4) is 23.0 Å². The molecule has 6 aromatic carbocycles. The van der Waals surface area contributed by atoms with Gasteiger partial charge in [0.15, 0.2) is 0 Å². The van der Waals surface area contributed by atoms with Crippen molar-refractivity contribution < 1.29 is 69.5 Å². The van der Waals surface area contributed by atoms with Crippen molar-refractivity contribution in [3.05, 3.63) is 130 Å². The molecule has 0 spiro atoms. The zero-order valence-corrected chi connectivity index (χ0v) is 44.3. The summed E-state index contributed by atoms with van der Waals surface area (Å²) in [5, 5.41) is 59.4. The number of benzene rings is 6. The number of ether oxygens (including phenoxy) is 4. The molecular weight excluding hydrogens is 1060 g/mol. The molecular formula is C51H52N10O15S2. The lowest BCUT2D eigenvalue weighted by Crippen LogP contribution is -2.20. The number of aromatic carboxylic acids is 2. The normalized spacial score (nSPS) is 11.9. The Labute approximate surface area is 447 Å². The average Bonchev–Trinajstić information content (AvgIpc) is 3.39. The Balaban J connectivity index is 1.07. The van der Waals surface area contributed by atoms with Crippen LogP contribution in [0.15, 0.2) is 138 Å². The van der Waals surface area contributed by atoms with Crippen LogP contribution >= 0.6 is 0 Å². The molecule has 0 bridgehead atoms. The van der Waals surface area contributed by atoms with Gasteiger partial charge in [0.25, 0.3) is 20.2 Å². The van der Waals surface area contributed by atoms with E-state index in [9.17, 15) is 41.4 Å². The molecule has 6 rings (SSSR count). The molecule has 0 aliphatic rings. The van der Waals surface area contributed by atoms with Crippen molar-refractivity contribution >= 4 is 95.1 Å². The van der Waals surface area contributed by atoms with Crippen LogP contribution in [-0.4, -0.2) is 93.1 Å². The van der Waals surface area contributed by atoms with Gasteiger partial charge < -0.3 is 39.8 Å². The summed E-state index contributed by atoms with van der Waals surface area (Å²) in [4.78, 5) is 37.4. The first-order valence-corrected chi connectivity index (χ1v) is 26.4. The van der Waals surface area contributed by atoms with Gasteiger partial charge in [-0.2, -0.15) is 47.5 Å². The number of nitrogens with one attached hydrogen (secondary N) is 2. The summed E-state index contributed by atoms with van der Waals surface area (Å²) in [7, 11) is -5.43. The van der Waals surface area contributed by atoms with Crippen molar-refractivity contribution in [1.82, 2.24) is 0 Å². The van der Waals surface area contributed by atoms with Gasteiger partial charge in [-0.1, -0.05) is 0 Å². The number of carbonyl (C=O) groups excluding carboxylic acids is 1. The summed E-state index contributed by atoms with van der Waals surface area (Å²) in [5.74, 6) is -2.63. The highest BCUT2D eigenvalue weighted by Gasteiger charge is 2.18. The van der Waals surface area contributed by atoms with Crippen LogP contribution in [0.2, 0.25) is 0 Å². The van der Waals surface area contributed by atoms with Crippen molar-refractivity contribution in [2.45, 2.75) is 40.5 Å². The molecule has 0 atom stereocenters. The highest BCUT2D eigenvalue weighted by atomic mass is 32.2. The SMILES string of the molecule is COc1cc(N=Nc2ccc(N=Nc3ccc(OCCCS(=O)(=O)O)cc3C(=O)O)c(C)c2)c(C)cc1NC(=O)Nc1cc(C)c(N=Nc2ccc(N=Nc3ccc(OCCCS(=O)(=O)O)cc3C(=O)O)c(C)c2)cc1OC. The molecule has 0 aliphatic carbocycles. The number of hydrogen-bond donors (Lipinski definition) is 6. The molecule has 0 radical (unpaired) electrons. The van der Waals surface area contributed by atoms with E-state index >= 15 is 0 Å². The standard InChI is InChI=1S/C51H52N10O15S2/c1-29-21-33(9-13-39(29)56-58-41-15-11-35(25-37(41)49(62)63)75-17-7-19-77(67,68)69)54-60-43-27-47(73-5)45(23-31(43)3)52-51(66)53-46-24-32(4)44(28-48(46)74-6)61-55-34-10-14-40(30(2)22-34)57-59-42-16-12-36(26-38(42)50(64)65)76-18-8-20-78(70,71)72/h9-16,21-28H,7-8,17-20H2,1-6H3,(H,62,63)(H,64,65)(H2,52,53,66)(H,67,68,69)(H,70,71,72). The van der Waals surface area contributed by atoms with Gasteiger partial charge in [-0.25, -0.2) is 14.4 Å². The molecule has 0 unspecified atom stereocenters. The maximum absolute atomic E-state index is 13.4. The number of carboxylic acid groups (broad SMARTS) is 2. The molecule has 0 saturated carbocycles. The van der Waals surface area contributed by atoms with E-state index < -0.39 is 49.7 Å². The molecule has 6 N–H and O–H groups in total. The van der Waals surface area contributed by atoms with E-state index in [2.05, 4.69) is 51.5 Å². The van der Waals surface area contributed by atoms with Crippen LogP contribution in [-0.2, 0) is 20.2 Å². The number of carboxylic acids is 2. The predicted octanol–water partition coefficient (Wildman–Crippen LogP) is 13.0. The van der Waals surface area contributed by atoms with Gasteiger partial charge in [0.05, 0.1) is 95.6 Å². The van der Waals surface area contributed by atoms with Crippen LogP contribution in [0.3, 0.4) is 0 Å². The van der Waals surface area contributed by atoms with Gasteiger partial charge in [0.1, 0.15) is 34.4 Å². The summed E-state index contributed by atoms with van der Waals surface area (Å²) < 4.78 is 83.6. The summed E-state index contributed by atoms with van der Waals surface area (Å²) in [6.07, 6.45) is 0.00514. The second-order valence-corrected chi connectivity index (χ2v) is 20.1. The van der Waals surface area contributed by atoms with Crippen LogP contribution in [0.5, 0.6) is 23.0 Å². The number of hydrogen-bond acceptors (Lipinski definition) is 19. The monoisotopic (exact) mass is 1110 g/mol. The molecule has 0 heterocycles. The third kappa shape index (κ3) is 17.0. The van der Waals surface area contributed by atoms with E-state index in [4.69, 9.17) is 28.1 Å². The number of amides is 2. The third-order valence-corrected chi connectivity index (χ3v) is 12.6. The van der Waals surface area contributed by atoms with Crippen molar-refractivity contribution in [3.63, 3.8) is 0 Å². The molecule has 25 nitrogen and oxygen atoms in total. The molecule has 0 aromatic heterocycles. The maximum atomic E-state index is 13.4. The van der Waals surface area contributed by atoms with Gasteiger partial charge >= 0.3 is 18.0 Å². The van der Waals surface area contributed by atoms with Crippen LogP contribution in [0.1, 0.15) is 55.8 Å². The fraction of sp³-hybridized carbons (Fsp3) is 0.235. The highest BCUT2D eigenvalue weighted by molar-refractivity contribution is 7.86. The molecule has 6 aromatic rings. The zero-order chi connectivity index (χ0) is 56.7. The summed E-state index contributed by atoms with van der Waals surface area (Å²) in [5.41, 5.74) is 5.71. The maximum Gasteiger partial charge on any atom is 0.338 e. The first-order valence-electron chi connectivity index (χ1n) is 23.2. The van der Waals surface area contributed by atoms with Crippen LogP contribution in [0.4, 0.5) is 61.7 Å². The number of nitrogens with zero attached hydrogens (tertiary/aromatic N) is 8. The van der Waals surface area contributed by atoms with Gasteiger partial charge in [0, 0.05) is 12.1 Å². The number of azo groups is 4. The largest absolute Gasteiger partial charge is 0.494 e. The Morgan fingerprint density at radius 1 is 0.462 bits per heavy atom. The molecule has 0 saturated heterocycles. The van der Waals surface area contributed by atoms with Gasteiger partial charge in [-0.3, -0.25) is 9.11 Å². The van der Waals surface area contributed by atoms with Crippen LogP contribution in [0, 0.1) is 27.7 Å². The first kappa shape index (κ1) is 58.2. The smallest absolute Gasteiger partial charge is 0.338 e. The molecule has 78 heavy (non-hydrogen) atoms. The molecule has 408 valence electrons. The lowest BCUT2D eigenvalue weighted by molar-refractivity contribution is 0.0686. The van der Waals surface area contributed by atoms with E-state index in [0.717, 1.165) is 0 Å². The van der Waals surface area contributed by atoms with E-state index in [1.54, 1.807) is 88.4 Å². The van der Waals surface area contributed by atoms with E-state index in [1.165, 1.54) is 50.6 Å². The summed E-state index contributed by atoms with van der Waals surface area (Å²) in [6, 6.07) is 24.2. The van der Waals surface area contributed by atoms with Crippen molar-refractivity contribution in [2.24, 2.45) is 40.9 Å². The van der Waals surface area contributed by atoms with E-state index in [1.807, 2.05) is 0 Å². The van der Waals surface area contributed by atoms with E-state index in [0.29, 0.717) is 79.3 Å². The number of rotatable bonds is 24. The minimum atomic E-state index is -4.15. The fourth-order valence-corrected chi connectivity index (χ4v) is 8.00. The predicted molar refractivity (Wildman–Crippen MR) is 287 cm³/mol. The van der Waals surface area contributed by atoms with Crippen molar-refractivity contribution in [2.75, 3.05) is 49.6 Å². The fourth-order valence-electron chi connectivity index (χ4n) is 7.04. The van der Waals surface area contributed by atoms with Crippen LogP contribution < -0.4 is 29.6 Å². The minimum absolute atomic E-state index is 0.00257. The number of carbonyl (C=O) groups is 3. The number of aryl methyl sites for hydroxylation is 4. The first-order chi connectivity index (χ1) is 37.0. The zero-order valence-electron chi connectivity index (χ0n) is 42.7. The summed E-state index contributed by atoms with van der Waals surface area (Å²) >= 11 is 0. The second kappa shape index (κ2) is 26.1.